The molecule has 0 radical (unpaired) electrons. The van der Waals surface area contributed by atoms with E-state index in [1.54, 1.807) is 18.2 Å². The Kier molecular flexibility index (Phi) is 5.25. The Labute approximate surface area is 176 Å². The standard InChI is InChI=1S/C24H17F2NO4/c1-31-17-11-9-14(10-12-17)22(28)20-21(18-7-2-3-8-19(18)26)27(24(30)23(20)29)16-6-4-5-15(25)13-16/h2-13,21,28H,1H3/b22-20+. The number of halogens is 2. The first kappa shape index (κ1) is 20.3. The summed E-state index contributed by atoms with van der Waals surface area (Å²) in [6.07, 6.45) is 0. The number of carbonyl (C=O) groups is 2. The van der Waals surface area contributed by atoms with Crippen LogP contribution in [0.15, 0.2) is 78.4 Å². The lowest BCUT2D eigenvalue weighted by Crippen LogP contribution is -2.30. The first-order valence-corrected chi connectivity index (χ1v) is 9.38. The number of aliphatic hydroxyl groups is 1. The van der Waals surface area contributed by atoms with E-state index in [-0.39, 0.29) is 22.4 Å². The topological polar surface area (TPSA) is 66.8 Å². The van der Waals surface area contributed by atoms with E-state index >= 15 is 0 Å². The molecule has 1 atom stereocenters. The molecular weight excluding hydrogens is 404 g/mol. The van der Waals surface area contributed by atoms with E-state index in [0.717, 1.165) is 11.0 Å². The summed E-state index contributed by atoms with van der Waals surface area (Å²) < 4.78 is 33.7. The normalized spacial score (nSPS) is 17.8. The predicted molar refractivity (Wildman–Crippen MR) is 111 cm³/mol. The number of hydrogen-bond acceptors (Lipinski definition) is 4. The number of Topliss-reactive ketones (excluding diaryl/α,β-unsaturated/α-hetero) is 1. The maximum atomic E-state index is 14.8. The molecule has 5 nitrogen and oxygen atoms in total. The molecule has 0 saturated carbocycles. The molecular formula is C24H17F2NO4. The van der Waals surface area contributed by atoms with E-state index in [9.17, 15) is 23.5 Å². The molecule has 0 aliphatic carbocycles. The van der Waals surface area contributed by atoms with Crippen LogP contribution in [-0.4, -0.2) is 23.9 Å². The molecule has 1 unspecified atom stereocenters. The van der Waals surface area contributed by atoms with Crippen molar-refractivity contribution < 1.29 is 28.2 Å². The molecule has 0 spiro atoms. The third-order valence-electron chi connectivity index (χ3n) is 5.09. The van der Waals surface area contributed by atoms with Crippen LogP contribution in [0.4, 0.5) is 14.5 Å². The highest BCUT2D eigenvalue weighted by Crippen LogP contribution is 2.43. The fourth-order valence-electron chi connectivity index (χ4n) is 3.62. The SMILES string of the molecule is COc1ccc(/C(O)=C2\C(=O)C(=O)N(c3cccc(F)c3)C2c2ccccc2F)cc1. The van der Waals surface area contributed by atoms with Gasteiger partial charge in [-0.1, -0.05) is 24.3 Å². The molecule has 4 rings (SSSR count). The Balaban J connectivity index is 1.95. The number of rotatable bonds is 4. The van der Waals surface area contributed by atoms with Crippen molar-refractivity contribution in [2.24, 2.45) is 0 Å². The molecule has 1 N–H and O–H groups in total. The summed E-state index contributed by atoms with van der Waals surface area (Å²) in [5.74, 6) is -3.21. The average Bonchev–Trinajstić information content (AvgIpc) is 3.04. The van der Waals surface area contributed by atoms with Gasteiger partial charge in [-0.05, 0) is 48.5 Å². The largest absolute Gasteiger partial charge is 0.507 e. The molecule has 7 heteroatoms. The molecule has 0 aromatic heterocycles. The molecule has 1 aliphatic rings. The van der Waals surface area contributed by atoms with Crippen molar-refractivity contribution in [1.82, 2.24) is 0 Å². The molecule has 1 amide bonds. The number of amides is 1. The van der Waals surface area contributed by atoms with Crippen LogP contribution in [0.2, 0.25) is 0 Å². The highest BCUT2D eigenvalue weighted by molar-refractivity contribution is 6.51. The van der Waals surface area contributed by atoms with Crippen LogP contribution in [0.25, 0.3) is 5.76 Å². The minimum absolute atomic E-state index is 0.000947. The van der Waals surface area contributed by atoms with Gasteiger partial charge in [0.25, 0.3) is 11.7 Å². The van der Waals surface area contributed by atoms with Crippen molar-refractivity contribution in [3.63, 3.8) is 0 Å². The maximum absolute atomic E-state index is 14.8. The van der Waals surface area contributed by atoms with Crippen LogP contribution in [0.3, 0.4) is 0 Å². The number of anilines is 1. The summed E-state index contributed by atoms with van der Waals surface area (Å²) in [7, 11) is 1.48. The summed E-state index contributed by atoms with van der Waals surface area (Å²) in [5.41, 5.74) is 0.0362. The molecule has 156 valence electrons. The molecule has 0 bridgehead atoms. The first-order valence-electron chi connectivity index (χ1n) is 9.38. The number of benzene rings is 3. The molecule has 1 heterocycles. The molecule has 1 saturated heterocycles. The lowest BCUT2D eigenvalue weighted by atomic mass is 9.94. The summed E-state index contributed by atoms with van der Waals surface area (Å²) in [4.78, 5) is 26.9. The summed E-state index contributed by atoms with van der Waals surface area (Å²) in [6, 6.07) is 15.6. The Hall–Kier alpha value is -4.00. The Morgan fingerprint density at radius 1 is 0.968 bits per heavy atom. The lowest BCUT2D eigenvalue weighted by Gasteiger charge is -2.25. The Morgan fingerprint density at radius 3 is 2.32 bits per heavy atom. The monoisotopic (exact) mass is 421 g/mol. The summed E-state index contributed by atoms with van der Waals surface area (Å²) >= 11 is 0. The predicted octanol–water partition coefficient (Wildman–Crippen LogP) is 4.60. The van der Waals surface area contributed by atoms with Crippen LogP contribution in [-0.2, 0) is 9.59 Å². The first-order chi connectivity index (χ1) is 14.9. The highest BCUT2D eigenvalue weighted by Gasteiger charge is 2.47. The summed E-state index contributed by atoms with van der Waals surface area (Å²) in [6.45, 7) is 0. The van der Waals surface area contributed by atoms with Gasteiger partial charge in [0.15, 0.2) is 0 Å². The molecule has 1 fully saturated rings. The van der Waals surface area contributed by atoms with E-state index < -0.39 is 35.1 Å². The van der Waals surface area contributed by atoms with Gasteiger partial charge in [0.2, 0.25) is 0 Å². The van der Waals surface area contributed by atoms with Crippen molar-refractivity contribution in [3.8, 4) is 5.75 Å². The van der Waals surface area contributed by atoms with Gasteiger partial charge in [-0.3, -0.25) is 14.5 Å². The fraction of sp³-hybridized carbons (Fsp3) is 0.0833. The average molecular weight is 421 g/mol. The van der Waals surface area contributed by atoms with Crippen molar-refractivity contribution in [3.05, 3.63) is 101 Å². The number of ketones is 1. The van der Waals surface area contributed by atoms with Crippen molar-refractivity contribution in [2.45, 2.75) is 6.04 Å². The zero-order chi connectivity index (χ0) is 22.1. The van der Waals surface area contributed by atoms with E-state index in [4.69, 9.17) is 4.74 Å². The number of methoxy groups -OCH3 is 1. The minimum atomic E-state index is -1.27. The third-order valence-corrected chi connectivity index (χ3v) is 5.09. The van der Waals surface area contributed by atoms with Gasteiger partial charge in [0.1, 0.15) is 23.1 Å². The van der Waals surface area contributed by atoms with Gasteiger partial charge in [-0.25, -0.2) is 8.78 Å². The third kappa shape index (κ3) is 3.54. The van der Waals surface area contributed by atoms with E-state index in [2.05, 4.69) is 0 Å². The van der Waals surface area contributed by atoms with Gasteiger partial charge in [0.05, 0.1) is 18.7 Å². The second-order valence-corrected chi connectivity index (χ2v) is 6.90. The van der Waals surface area contributed by atoms with Gasteiger partial charge in [-0.2, -0.15) is 0 Å². The van der Waals surface area contributed by atoms with Crippen molar-refractivity contribution in [1.29, 1.82) is 0 Å². The van der Waals surface area contributed by atoms with Crippen LogP contribution < -0.4 is 9.64 Å². The summed E-state index contributed by atoms with van der Waals surface area (Å²) in [5, 5.41) is 11.0. The second-order valence-electron chi connectivity index (χ2n) is 6.90. The van der Waals surface area contributed by atoms with E-state index in [1.165, 1.54) is 55.6 Å². The number of aliphatic hydroxyl groups excluding tert-OH is 1. The number of ether oxygens (including phenoxy) is 1. The smallest absolute Gasteiger partial charge is 0.300 e. The zero-order valence-corrected chi connectivity index (χ0v) is 16.4. The lowest BCUT2D eigenvalue weighted by molar-refractivity contribution is -0.132. The van der Waals surface area contributed by atoms with Crippen LogP contribution in [0, 0.1) is 11.6 Å². The fourth-order valence-corrected chi connectivity index (χ4v) is 3.62. The second kappa shape index (κ2) is 8.02. The van der Waals surface area contributed by atoms with Gasteiger partial charge < -0.3 is 9.84 Å². The maximum Gasteiger partial charge on any atom is 0.300 e. The quantitative estimate of drug-likeness (QED) is 0.380. The Morgan fingerprint density at radius 2 is 1.68 bits per heavy atom. The van der Waals surface area contributed by atoms with E-state index in [1.807, 2.05) is 0 Å². The molecule has 1 aliphatic heterocycles. The van der Waals surface area contributed by atoms with Gasteiger partial charge in [0, 0.05) is 16.8 Å². The van der Waals surface area contributed by atoms with Crippen LogP contribution in [0.5, 0.6) is 5.75 Å². The van der Waals surface area contributed by atoms with Gasteiger partial charge in [-0.15, -0.1) is 0 Å². The Bertz CT molecular complexity index is 1200. The minimum Gasteiger partial charge on any atom is -0.507 e. The van der Waals surface area contributed by atoms with Crippen LogP contribution >= 0.6 is 0 Å². The number of hydrogen-bond donors (Lipinski definition) is 1. The molecule has 31 heavy (non-hydrogen) atoms. The van der Waals surface area contributed by atoms with Crippen molar-refractivity contribution in [2.75, 3.05) is 12.0 Å². The van der Waals surface area contributed by atoms with Crippen LogP contribution in [0.1, 0.15) is 17.2 Å². The van der Waals surface area contributed by atoms with Crippen molar-refractivity contribution >= 4 is 23.1 Å². The molecule has 3 aromatic rings. The van der Waals surface area contributed by atoms with Gasteiger partial charge >= 0.3 is 0 Å². The number of nitrogens with zero attached hydrogens (tertiary/aromatic N) is 1. The highest BCUT2D eigenvalue weighted by atomic mass is 19.1. The number of carbonyl (C=O) groups excluding carboxylic acids is 2. The zero-order valence-electron chi connectivity index (χ0n) is 16.4. The molecule has 3 aromatic carbocycles. The van der Waals surface area contributed by atoms with E-state index in [0.29, 0.717) is 5.75 Å².